The van der Waals surface area contributed by atoms with E-state index in [1.54, 1.807) is 30.4 Å². The van der Waals surface area contributed by atoms with Crippen molar-refractivity contribution in [2.24, 2.45) is 11.3 Å². The third kappa shape index (κ3) is 4.76. The fraction of sp³-hybridized carbons (Fsp3) is 0.588. The maximum absolute atomic E-state index is 11.9. The number of nitrogens with zero attached hydrogens (tertiary/aromatic N) is 1. The van der Waals surface area contributed by atoms with Gasteiger partial charge < -0.3 is 20.0 Å². The van der Waals surface area contributed by atoms with E-state index in [4.69, 9.17) is 20.0 Å². The first-order chi connectivity index (χ1) is 10.8. The highest BCUT2D eigenvalue weighted by Crippen LogP contribution is 2.30. The lowest BCUT2D eigenvalue weighted by Gasteiger charge is -2.22. The highest BCUT2D eigenvalue weighted by Gasteiger charge is 2.30. The Morgan fingerprint density at radius 1 is 1.35 bits per heavy atom. The van der Waals surface area contributed by atoms with Crippen molar-refractivity contribution in [3.8, 4) is 11.5 Å². The first kappa shape index (κ1) is 17.4. The van der Waals surface area contributed by atoms with E-state index in [2.05, 4.69) is 0 Å². The van der Waals surface area contributed by atoms with E-state index in [1.807, 2.05) is 20.8 Å². The van der Waals surface area contributed by atoms with E-state index < -0.39 is 5.41 Å². The monoisotopic (exact) mass is 322 g/mol. The average molecular weight is 322 g/mol. The second kappa shape index (κ2) is 7.08. The fourth-order valence-corrected chi connectivity index (χ4v) is 2.28. The normalized spacial score (nSPS) is 18.7. The number of ether oxygens (including phenoxy) is 2. The zero-order chi connectivity index (χ0) is 17.0. The van der Waals surface area contributed by atoms with Crippen molar-refractivity contribution in [2.45, 2.75) is 27.2 Å². The summed E-state index contributed by atoms with van der Waals surface area (Å²) in [5, 5.41) is 1.72. The highest BCUT2D eigenvalue weighted by molar-refractivity contribution is 5.75. The van der Waals surface area contributed by atoms with E-state index in [1.165, 1.54) is 0 Å². The van der Waals surface area contributed by atoms with Gasteiger partial charge in [-0.15, -0.1) is 5.06 Å². The van der Waals surface area contributed by atoms with Gasteiger partial charge in [0.2, 0.25) is 0 Å². The summed E-state index contributed by atoms with van der Waals surface area (Å²) >= 11 is 0. The van der Waals surface area contributed by atoms with Crippen LogP contribution in [0.5, 0.6) is 11.5 Å². The summed E-state index contributed by atoms with van der Waals surface area (Å²) in [6.07, 6.45) is 0.919. The van der Waals surface area contributed by atoms with Gasteiger partial charge in [0.1, 0.15) is 0 Å². The molecule has 0 aliphatic carbocycles. The Balaban J connectivity index is 1.85. The third-order valence-electron chi connectivity index (χ3n) is 3.74. The molecule has 0 radical (unpaired) electrons. The first-order valence-corrected chi connectivity index (χ1v) is 7.83. The standard InChI is InChI=1S/C17H26N2O4/c1-17(2,3)16(20)23-19-8-7-12(10-19)11-22-15-9-13(18)5-6-14(15)21-4/h5-6,9,12H,7-8,10-11,18H2,1-4H3. The van der Waals surface area contributed by atoms with Gasteiger partial charge in [-0.3, -0.25) is 0 Å². The van der Waals surface area contributed by atoms with Crippen molar-refractivity contribution in [2.75, 3.05) is 32.5 Å². The number of hydrogen-bond acceptors (Lipinski definition) is 6. The minimum absolute atomic E-state index is 0.212. The van der Waals surface area contributed by atoms with Crippen LogP contribution >= 0.6 is 0 Å². The maximum Gasteiger partial charge on any atom is 0.330 e. The van der Waals surface area contributed by atoms with E-state index in [9.17, 15) is 4.79 Å². The summed E-state index contributed by atoms with van der Waals surface area (Å²) < 4.78 is 11.1. The summed E-state index contributed by atoms with van der Waals surface area (Å²) in [5.74, 6) is 1.39. The number of hydroxylamine groups is 2. The van der Waals surface area contributed by atoms with Crippen LogP contribution in [0.3, 0.4) is 0 Å². The molecule has 1 heterocycles. The smallest absolute Gasteiger partial charge is 0.330 e. The third-order valence-corrected chi connectivity index (χ3v) is 3.74. The highest BCUT2D eigenvalue weighted by atomic mass is 16.7. The first-order valence-electron chi connectivity index (χ1n) is 7.83. The summed E-state index contributed by atoms with van der Waals surface area (Å²) in [6, 6.07) is 5.32. The topological polar surface area (TPSA) is 74.0 Å². The predicted octanol–water partition coefficient (Wildman–Crippen LogP) is 2.48. The van der Waals surface area contributed by atoms with Gasteiger partial charge in [-0.05, 0) is 39.3 Å². The van der Waals surface area contributed by atoms with Gasteiger partial charge in [0.25, 0.3) is 0 Å². The van der Waals surface area contributed by atoms with Crippen molar-refractivity contribution in [3.05, 3.63) is 18.2 Å². The maximum atomic E-state index is 11.9. The van der Waals surface area contributed by atoms with Crippen LogP contribution in [-0.4, -0.2) is 37.8 Å². The van der Waals surface area contributed by atoms with Crippen LogP contribution in [0.15, 0.2) is 18.2 Å². The van der Waals surface area contributed by atoms with Crippen molar-refractivity contribution in [3.63, 3.8) is 0 Å². The van der Waals surface area contributed by atoms with Crippen LogP contribution in [0.1, 0.15) is 27.2 Å². The van der Waals surface area contributed by atoms with E-state index in [0.29, 0.717) is 36.3 Å². The molecule has 0 amide bonds. The van der Waals surface area contributed by atoms with Gasteiger partial charge in [0, 0.05) is 30.8 Å². The summed E-state index contributed by atoms with van der Waals surface area (Å²) in [5.41, 5.74) is 5.92. The molecule has 1 aromatic rings. The van der Waals surface area contributed by atoms with Gasteiger partial charge in [-0.1, -0.05) is 0 Å². The van der Waals surface area contributed by atoms with Crippen LogP contribution in [0.4, 0.5) is 5.69 Å². The molecule has 6 nitrogen and oxygen atoms in total. The van der Waals surface area contributed by atoms with Gasteiger partial charge in [-0.2, -0.15) is 0 Å². The Bertz CT molecular complexity index is 554. The van der Waals surface area contributed by atoms with Crippen molar-refractivity contribution >= 4 is 11.7 Å². The SMILES string of the molecule is COc1ccc(N)cc1OCC1CCN(OC(=O)C(C)(C)C)C1. The van der Waals surface area contributed by atoms with Crippen LogP contribution < -0.4 is 15.2 Å². The number of anilines is 1. The number of hydrogen-bond donors (Lipinski definition) is 1. The van der Waals surface area contributed by atoms with Crippen molar-refractivity contribution in [1.29, 1.82) is 0 Å². The Hall–Kier alpha value is -1.95. The minimum Gasteiger partial charge on any atom is -0.493 e. The quantitative estimate of drug-likeness (QED) is 0.840. The average Bonchev–Trinajstić information content (AvgIpc) is 2.92. The molecule has 1 atom stereocenters. The van der Waals surface area contributed by atoms with Crippen LogP contribution in [0, 0.1) is 11.3 Å². The number of rotatable bonds is 5. The molecule has 2 N–H and O–H groups in total. The molecular formula is C17H26N2O4. The van der Waals surface area contributed by atoms with Gasteiger partial charge in [0.05, 0.1) is 19.1 Å². The largest absolute Gasteiger partial charge is 0.493 e. The second-order valence-electron chi connectivity index (χ2n) is 6.89. The Morgan fingerprint density at radius 3 is 2.74 bits per heavy atom. The molecule has 1 unspecified atom stereocenters. The van der Waals surface area contributed by atoms with E-state index in [0.717, 1.165) is 13.0 Å². The number of carbonyl (C=O) groups is 1. The fourth-order valence-electron chi connectivity index (χ4n) is 2.28. The summed E-state index contributed by atoms with van der Waals surface area (Å²) in [6.45, 7) is 7.47. The molecule has 1 saturated heterocycles. The molecule has 0 spiro atoms. The zero-order valence-corrected chi connectivity index (χ0v) is 14.3. The number of nitrogens with two attached hydrogens (primary N) is 1. The van der Waals surface area contributed by atoms with Crippen molar-refractivity contribution < 1.29 is 19.1 Å². The van der Waals surface area contributed by atoms with Crippen LogP contribution in [-0.2, 0) is 9.63 Å². The molecule has 1 aliphatic rings. The molecule has 0 bridgehead atoms. The predicted molar refractivity (Wildman–Crippen MR) is 88.1 cm³/mol. The van der Waals surface area contributed by atoms with Crippen LogP contribution in [0.25, 0.3) is 0 Å². The van der Waals surface area contributed by atoms with E-state index in [-0.39, 0.29) is 5.97 Å². The number of nitrogen functional groups attached to an aromatic ring is 1. The van der Waals surface area contributed by atoms with Crippen LogP contribution in [0.2, 0.25) is 0 Å². The molecule has 23 heavy (non-hydrogen) atoms. The molecule has 0 saturated carbocycles. The van der Waals surface area contributed by atoms with E-state index >= 15 is 0 Å². The number of benzene rings is 1. The number of methoxy groups -OCH3 is 1. The molecule has 1 fully saturated rings. The molecule has 0 aromatic heterocycles. The zero-order valence-electron chi connectivity index (χ0n) is 14.3. The molecule has 1 aromatic carbocycles. The summed E-state index contributed by atoms with van der Waals surface area (Å²) in [7, 11) is 1.60. The molecule has 6 heteroatoms. The molecule has 1 aliphatic heterocycles. The molecule has 128 valence electrons. The lowest BCUT2D eigenvalue weighted by molar-refractivity contribution is -0.196. The minimum atomic E-state index is -0.497. The molecular weight excluding hydrogens is 296 g/mol. The van der Waals surface area contributed by atoms with Gasteiger partial charge in [0.15, 0.2) is 11.5 Å². The van der Waals surface area contributed by atoms with Gasteiger partial charge >= 0.3 is 5.97 Å². The molecule has 2 rings (SSSR count). The Morgan fingerprint density at radius 2 is 2.09 bits per heavy atom. The van der Waals surface area contributed by atoms with Crippen molar-refractivity contribution in [1.82, 2.24) is 5.06 Å². The lowest BCUT2D eigenvalue weighted by Crippen LogP contribution is -2.32. The lowest BCUT2D eigenvalue weighted by atomic mass is 9.98. The second-order valence-corrected chi connectivity index (χ2v) is 6.89. The Labute approximate surface area is 137 Å². The number of carbonyl (C=O) groups excluding carboxylic acids is 1. The summed E-state index contributed by atoms with van der Waals surface area (Å²) in [4.78, 5) is 17.3. The van der Waals surface area contributed by atoms with Gasteiger partial charge in [-0.25, -0.2) is 4.79 Å². The Kier molecular flexibility index (Phi) is 5.36.